The van der Waals surface area contributed by atoms with E-state index in [2.05, 4.69) is 10.4 Å². The molecule has 33 heavy (non-hydrogen) atoms. The third-order valence-corrected chi connectivity index (χ3v) is 6.54. The molecule has 0 saturated carbocycles. The lowest BCUT2D eigenvalue weighted by atomic mass is 9.73. The molecule has 0 radical (unpaired) electrons. The number of nitrogens with zero attached hydrogens (tertiary/aromatic N) is 1. The third-order valence-electron chi connectivity index (χ3n) is 5.75. The van der Waals surface area contributed by atoms with Crippen LogP contribution in [0.25, 0.3) is 6.08 Å². The summed E-state index contributed by atoms with van der Waals surface area (Å²) >= 11 is 1.68. The largest absolute Gasteiger partial charge is 0.465 e. The zero-order valence-electron chi connectivity index (χ0n) is 20.7. The normalized spacial score (nSPS) is 29.1. The molecule has 184 valence electrons. The summed E-state index contributed by atoms with van der Waals surface area (Å²) in [6.07, 6.45) is 10.6. The van der Waals surface area contributed by atoms with Gasteiger partial charge in [-0.15, -0.1) is 11.3 Å². The van der Waals surface area contributed by atoms with E-state index in [0.29, 0.717) is 12.8 Å². The van der Waals surface area contributed by atoms with Crippen molar-refractivity contribution in [3.63, 3.8) is 0 Å². The van der Waals surface area contributed by atoms with Crippen molar-refractivity contribution in [1.29, 1.82) is 0 Å². The fourth-order valence-electron chi connectivity index (χ4n) is 3.43. The molecule has 6 nitrogen and oxygen atoms in total. The van der Waals surface area contributed by atoms with E-state index in [1.807, 2.05) is 57.2 Å². The second kappa shape index (κ2) is 14.2. The number of aliphatic hydroxyl groups excluding tert-OH is 2. The Morgan fingerprint density at radius 3 is 2.45 bits per heavy atom. The first-order valence-corrected chi connectivity index (χ1v) is 12.3. The second-order valence-electron chi connectivity index (χ2n) is 8.95. The maximum atomic E-state index is 12.7. The van der Waals surface area contributed by atoms with Crippen LogP contribution in [0.2, 0.25) is 0 Å². The summed E-state index contributed by atoms with van der Waals surface area (Å²) < 4.78 is 5.07. The quantitative estimate of drug-likeness (QED) is 0.559. The lowest BCUT2D eigenvalue weighted by Gasteiger charge is -2.34. The lowest BCUT2D eigenvalue weighted by molar-refractivity contribution is -0.151. The van der Waals surface area contributed by atoms with Gasteiger partial charge in [0.25, 0.3) is 0 Å². The van der Waals surface area contributed by atoms with Crippen molar-refractivity contribution in [1.82, 2.24) is 4.98 Å². The van der Waals surface area contributed by atoms with Gasteiger partial charge in [-0.2, -0.15) is 0 Å². The van der Waals surface area contributed by atoms with Gasteiger partial charge < -0.3 is 14.9 Å². The van der Waals surface area contributed by atoms with Crippen molar-refractivity contribution in [3.8, 4) is 0 Å². The maximum absolute atomic E-state index is 12.7. The van der Waals surface area contributed by atoms with Crippen molar-refractivity contribution in [3.05, 3.63) is 46.5 Å². The average molecular weight is 478 g/mol. The first-order chi connectivity index (χ1) is 15.5. The molecule has 2 heterocycles. The number of aliphatic hydroxyl groups is 2. The molecule has 0 aliphatic carbocycles. The number of hydrogen-bond acceptors (Lipinski definition) is 7. The minimum atomic E-state index is -1.15. The molecule has 0 spiro atoms. The van der Waals surface area contributed by atoms with Gasteiger partial charge in [0.1, 0.15) is 5.78 Å². The van der Waals surface area contributed by atoms with E-state index in [9.17, 15) is 19.8 Å². The average Bonchev–Trinajstić information content (AvgIpc) is 3.18. The van der Waals surface area contributed by atoms with Gasteiger partial charge in [0.15, 0.2) is 0 Å². The summed E-state index contributed by atoms with van der Waals surface area (Å²) in [6.45, 7) is 11.0. The minimum Gasteiger partial charge on any atom is -0.465 e. The van der Waals surface area contributed by atoms with Crippen molar-refractivity contribution < 1.29 is 24.5 Å². The van der Waals surface area contributed by atoms with Crippen molar-refractivity contribution in [2.75, 3.05) is 6.61 Å². The molecule has 7 heteroatoms. The molecule has 0 bridgehead atoms. The Balaban J connectivity index is 0.000000502. The van der Waals surface area contributed by atoms with E-state index >= 15 is 0 Å². The third kappa shape index (κ3) is 9.74. The Labute approximate surface area is 202 Å². The number of Topliss-reactive ketones (excluding diaryl/α,β-unsaturated/α-hetero) is 1. The van der Waals surface area contributed by atoms with Gasteiger partial charge in [0.2, 0.25) is 0 Å². The lowest BCUT2D eigenvalue weighted by Crippen LogP contribution is -2.45. The summed E-state index contributed by atoms with van der Waals surface area (Å²) in [4.78, 5) is 28.8. The highest BCUT2D eigenvalue weighted by Gasteiger charge is 2.42. The van der Waals surface area contributed by atoms with Crippen LogP contribution in [0.5, 0.6) is 0 Å². The molecule has 0 fully saturated rings. The highest BCUT2D eigenvalue weighted by Crippen LogP contribution is 2.31. The van der Waals surface area contributed by atoms with Gasteiger partial charge in [-0.25, -0.2) is 4.98 Å². The molecule has 1 aliphatic heterocycles. The zero-order valence-corrected chi connectivity index (χ0v) is 21.5. The van der Waals surface area contributed by atoms with E-state index in [0.717, 1.165) is 10.7 Å². The summed E-state index contributed by atoms with van der Waals surface area (Å²) in [6, 6.07) is 0. The summed E-state index contributed by atoms with van der Waals surface area (Å²) in [7, 11) is 0. The molecular weight excluding hydrogens is 438 g/mol. The van der Waals surface area contributed by atoms with E-state index < -0.39 is 29.5 Å². The summed E-state index contributed by atoms with van der Waals surface area (Å²) in [5.74, 6) is -1.49. The van der Waals surface area contributed by atoms with Gasteiger partial charge in [-0.05, 0) is 38.7 Å². The number of hydrogen-bond donors (Lipinski definition) is 2. The number of thiazole rings is 1. The number of ether oxygens (including phenoxy) is 1. The minimum absolute atomic E-state index is 0.0839. The first kappa shape index (κ1) is 28.9. The molecule has 1 aliphatic rings. The first-order valence-electron chi connectivity index (χ1n) is 11.4. The topological polar surface area (TPSA) is 96.7 Å². The van der Waals surface area contributed by atoms with Crippen molar-refractivity contribution in [2.24, 2.45) is 17.3 Å². The number of rotatable bonds is 1. The SMILES string of the molecule is C/C=C\c1csc(C)n1.CC1C/C=C/C=C\CCOC(=O)CC(O)C(C)(C)C(=O)C(C)[C@H]1O. The fraction of sp³-hybridized carbons (Fsp3) is 0.577. The van der Waals surface area contributed by atoms with Crippen LogP contribution < -0.4 is 0 Å². The number of carbonyl (C=O) groups excluding carboxylic acids is 2. The fourth-order valence-corrected chi connectivity index (χ4v) is 4.01. The smallest absolute Gasteiger partial charge is 0.308 e. The van der Waals surface area contributed by atoms with Crippen molar-refractivity contribution in [2.45, 2.75) is 73.0 Å². The summed E-state index contributed by atoms with van der Waals surface area (Å²) in [5.41, 5.74) is -0.0635. The van der Waals surface area contributed by atoms with Crippen LogP contribution in [-0.2, 0) is 14.3 Å². The molecule has 1 aromatic heterocycles. The molecule has 0 saturated heterocycles. The molecular formula is C26H39NO5S. The highest BCUT2D eigenvalue weighted by atomic mass is 32.1. The molecule has 1 aromatic rings. The van der Waals surface area contributed by atoms with Crippen LogP contribution in [0.15, 0.2) is 35.8 Å². The number of aryl methyl sites for hydroxylation is 1. The Morgan fingerprint density at radius 1 is 1.18 bits per heavy atom. The number of aromatic nitrogens is 1. The van der Waals surface area contributed by atoms with Crippen LogP contribution in [-0.4, -0.2) is 45.8 Å². The highest BCUT2D eigenvalue weighted by molar-refractivity contribution is 7.09. The van der Waals surface area contributed by atoms with E-state index in [1.165, 1.54) is 0 Å². The van der Waals surface area contributed by atoms with E-state index in [1.54, 1.807) is 32.1 Å². The molecule has 3 unspecified atom stereocenters. The Kier molecular flexibility index (Phi) is 12.5. The van der Waals surface area contributed by atoms with E-state index in [4.69, 9.17) is 4.74 Å². The predicted octanol–water partition coefficient (Wildman–Crippen LogP) is 4.90. The second-order valence-corrected chi connectivity index (χ2v) is 10.0. The molecule has 0 aromatic carbocycles. The van der Waals surface area contributed by atoms with E-state index in [-0.39, 0.29) is 24.7 Å². The molecule has 0 amide bonds. The van der Waals surface area contributed by atoms with Gasteiger partial charge in [-0.3, -0.25) is 9.59 Å². The Morgan fingerprint density at radius 2 is 1.85 bits per heavy atom. The van der Waals surface area contributed by atoms with Crippen LogP contribution in [0.3, 0.4) is 0 Å². The Bertz CT molecular complexity index is 839. The zero-order chi connectivity index (χ0) is 25.0. The standard InChI is InChI=1S/C19H30O5.C7H9NS/c1-13-10-8-6-5-7-9-11-24-16(21)12-15(20)19(3,4)18(23)14(2)17(13)22;1-3-4-7-5-9-6(2)8-7/h5-8,13-15,17,20,22H,9-12H2,1-4H3;3-5H,1-2H3/b7-5-,8-6+;4-3-/t13?,14?,15?,17-;/m0./s1. The molecule has 2 rings (SSSR count). The number of ketones is 1. The maximum Gasteiger partial charge on any atom is 0.308 e. The van der Waals surface area contributed by atoms with Crippen LogP contribution in [0.4, 0.5) is 0 Å². The monoisotopic (exact) mass is 477 g/mol. The number of carbonyl (C=O) groups is 2. The summed E-state index contributed by atoms with van der Waals surface area (Å²) in [5, 5.41) is 24.0. The predicted molar refractivity (Wildman–Crippen MR) is 134 cm³/mol. The Hall–Kier alpha value is -2.09. The number of allylic oxidation sites excluding steroid dienone is 4. The van der Waals surface area contributed by atoms with Gasteiger partial charge in [-0.1, -0.05) is 58.1 Å². The molecule has 2 N–H and O–H groups in total. The molecule has 4 atom stereocenters. The number of cyclic esters (lactones) is 1. The van der Waals surface area contributed by atoms with Crippen LogP contribution in [0.1, 0.15) is 64.6 Å². The number of esters is 1. The van der Waals surface area contributed by atoms with Crippen LogP contribution in [0, 0.1) is 24.2 Å². The van der Waals surface area contributed by atoms with Gasteiger partial charge in [0, 0.05) is 11.3 Å². The van der Waals surface area contributed by atoms with Crippen LogP contribution >= 0.6 is 11.3 Å². The van der Waals surface area contributed by atoms with Gasteiger partial charge >= 0.3 is 5.97 Å². The van der Waals surface area contributed by atoms with Crippen molar-refractivity contribution >= 4 is 29.2 Å². The van der Waals surface area contributed by atoms with Gasteiger partial charge in [0.05, 0.1) is 41.4 Å².